The van der Waals surface area contributed by atoms with E-state index >= 15 is 0 Å². The fourth-order valence-corrected chi connectivity index (χ4v) is 1.91. The van der Waals surface area contributed by atoms with Crippen molar-refractivity contribution in [2.24, 2.45) is 0 Å². The van der Waals surface area contributed by atoms with Crippen LogP contribution in [-0.2, 0) is 0 Å². The molecule has 0 fully saturated rings. The van der Waals surface area contributed by atoms with Gasteiger partial charge in [0.05, 0.1) is 0 Å². The largest absolute Gasteiger partial charge is 0.206 e. The molecule has 0 N–H and O–H groups in total. The molecule has 0 unspecified atom stereocenters. The highest BCUT2D eigenvalue weighted by molar-refractivity contribution is 5.67. The minimum absolute atomic E-state index is 0.142. The van der Waals surface area contributed by atoms with Crippen molar-refractivity contribution in [3.63, 3.8) is 0 Å². The van der Waals surface area contributed by atoms with Crippen LogP contribution in [0.4, 0.5) is 4.39 Å². The third-order valence-electron chi connectivity index (χ3n) is 3.40. The van der Waals surface area contributed by atoms with E-state index in [4.69, 9.17) is 0 Å². The number of hydrogen-bond donors (Lipinski definition) is 0. The highest BCUT2D eigenvalue weighted by Gasteiger charge is 2.08. The van der Waals surface area contributed by atoms with Gasteiger partial charge in [-0.25, -0.2) is 4.39 Å². The van der Waals surface area contributed by atoms with Crippen molar-refractivity contribution in [1.82, 2.24) is 0 Å². The molecule has 0 saturated heterocycles. The molecule has 88 valence electrons. The second-order valence-corrected chi connectivity index (χ2v) is 4.72. The highest BCUT2D eigenvalue weighted by Crippen LogP contribution is 2.27. The Hall–Kier alpha value is -1.63. The first-order valence-corrected chi connectivity index (χ1v) is 5.83. The molecule has 0 atom stereocenters. The summed E-state index contributed by atoms with van der Waals surface area (Å²) in [5, 5.41) is 0. The van der Waals surface area contributed by atoms with E-state index in [0.29, 0.717) is 5.56 Å². The molecule has 2 aromatic rings. The Morgan fingerprint density at radius 2 is 1.29 bits per heavy atom. The monoisotopic (exact) mass is 228 g/mol. The molecular formula is C16H17F. The van der Waals surface area contributed by atoms with E-state index in [9.17, 15) is 4.39 Å². The molecule has 0 heterocycles. The van der Waals surface area contributed by atoms with Crippen molar-refractivity contribution in [1.29, 1.82) is 0 Å². The maximum Gasteiger partial charge on any atom is 0.131 e. The van der Waals surface area contributed by atoms with Crippen LogP contribution >= 0.6 is 0 Å². The Morgan fingerprint density at radius 1 is 0.706 bits per heavy atom. The van der Waals surface area contributed by atoms with Gasteiger partial charge in [-0.2, -0.15) is 0 Å². The molecule has 0 aliphatic heterocycles. The van der Waals surface area contributed by atoms with Crippen molar-refractivity contribution in [2.45, 2.75) is 27.7 Å². The predicted molar refractivity (Wildman–Crippen MR) is 70.8 cm³/mol. The van der Waals surface area contributed by atoms with Crippen LogP contribution in [0, 0.1) is 33.5 Å². The summed E-state index contributed by atoms with van der Waals surface area (Å²) in [6, 6.07) is 9.60. The Bertz CT molecular complexity index is 568. The number of benzene rings is 2. The zero-order chi connectivity index (χ0) is 12.6. The zero-order valence-corrected chi connectivity index (χ0v) is 10.8. The lowest BCUT2D eigenvalue weighted by Crippen LogP contribution is -1.91. The van der Waals surface area contributed by atoms with Crippen LogP contribution in [0.3, 0.4) is 0 Å². The molecule has 0 saturated carbocycles. The summed E-state index contributed by atoms with van der Waals surface area (Å²) < 4.78 is 13.9. The summed E-state index contributed by atoms with van der Waals surface area (Å²) in [5.41, 5.74) is 6.19. The lowest BCUT2D eigenvalue weighted by atomic mass is 9.97. The van der Waals surface area contributed by atoms with Gasteiger partial charge in [-0.15, -0.1) is 0 Å². The maximum atomic E-state index is 13.9. The lowest BCUT2D eigenvalue weighted by molar-refractivity contribution is 0.629. The van der Waals surface area contributed by atoms with E-state index in [-0.39, 0.29) is 5.82 Å². The van der Waals surface area contributed by atoms with Gasteiger partial charge in [0.2, 0.25) is 0 Å². The molecule has 2 aromatic carbocycles. The molecule has 0 radical (unpaired) electrons. The number of halogens is 1. The van der Waals surface area contributed by atoms with Crippen LogP contribution in [0.2, 0.25) is 0 Å². The van der Waals surface area contributed by atoms with Crippen molar-refractivity contribution in [2.75, 3.05) is 0 Å². The van der Waals surface area contributed by atoms with Crippen LogP contribution in [-0.4, -0.2) is 0 Å². The molecule has 0 nitrogen and oxygen atoms in total. The van der Waals surface area contributed by atoms with Gasteiger partial charge < -0.3 is 0 Å². The van der Waals surface area contributed by atoms with Gasteiger partial charge in [0.15, 0.2) is 0 Å². The van der Waals surface area contributed by atoms with Crippen LogP contribution < -0.4 is 0 Å². The first-order valence-electron chi connectivity index (χ1n) is 5.83. The topological polar surface area (TPSA) is 0 Å². The van der Waals surface area contributed by atoms with Gasteiger partial charge in [-0.1, -0.05) is 18.2 Å². The third-order valence-corrected chi connectivity index (χ3v) is 3.40. The van der Waals surface area contributed by atoms with Crippen molar-refractivity contribution in [3.8, 4) is 11.1 Å². The molecule has 17 heavy (non-hydrogen) atoms. The minimum Gasteiger partial charge on any atom is -0.206 e. The SMILES string of the molecule is Cc1ccc(-c2cc(C)c(C)cc2F)cc1C. The summed E-state index contributed by atoms with van der Waals surface area (Å²) in [6.07, 6.45) is 0. The second kappa shape index (κ2) is 4.33. The molecule has 0 aliphatic carbocycles. The summed E-state index contributed by atoms with van der Waals surface area (Å²) in [6.45, 7) is 8.07. The Balaban J connectivity index is 2.60. The van der Waals surface area contributed by atoms with Crippen LogP contribution in [0.25, 0.3) is 11.1 Å². The average Bonchev–Trinajstić information content (AvgIpc) is 2.27. The molecule has 2 rings (SSSR count). The third kappa shape index (κ3) is 2.23. The fourth-order valence-electron chi connectivity index (χ4n) is 1.91. The van der Waals surface area contributed by atoms with Gasteiger partial charge >= 0.3 is 0 Å². The number of hydrogen-bond acceptors (Lipinski definition) is 0. The molecule has 0 aliphatic rings. The molecule has 0 amide bonds. The van der Waals surface area contributed by atoms with E-state index < -0.39 is 0 Å². The molecule has 0 bridgehead atoms. The average molecular weight is 228 g/mol. The number of rotatable bonds is 1. The summed E-state index contributed by atoms with van der Waals surface area (Å²) in [4.78, 5) is 0. The van der Waals surface area contributed by atoms with E-state index in [1.807, 2.05) is 38.1 Å². The minimum atomic E-state index is -0.142. The van der Waals surface area contributed by atoms with E-state index in [0.717, 1.165) is 16.7 Å². The van der Waals surface area contributed by atoms with Gasteiger partial charge in [-0.3, -0.25) is 0 Å². The van der Waals surface area contributed by atoms with E-state index in [2.05, 4.69) is 13.8 Å². The van der Waals surface area contributed by atoms with Crippen molar-refractivity contribution in [3.05, 3.63) is 58.4 Å². The first-order chi connectivity index (χ1) is 7.99. The first kappa shape index (κ1) is 11.8. The van der Waals surface area contributed by atoms with E-state index in [1.54, 1.807) is 6.07 Å². The van der Waals surface area contributed by atoms with Gasteiger partial charge in [0.1, 0.15) is 5.82 Å². The molecule has 0 aromatic heterocycles. The lowest BCUT2D eigenvalue weighted by Gasteiger charge is -2.09. The summed E-state index contributed by atoms with van der Waals surface area (Å²) in [7, 11) is 0. The van der Waals surface area contributed by atoms with Crippen molar-refractivity contribution >= 4 is 0 Å². The van der Waals surface area contributed by atoms with E-state index in [1.165, 1.54) is 11.1 Å². The fraction of sp³-hybridized carbons (Fsp3) is 0.250. The van der Waals surface area contributed by atoms with Crippen molar-refractivity contribution < 1.29 is 4.39 Å². The Morgan fingerprint density at radius 3 is 1.94 bits per heavy atom. The van der Waals surface area contributed by atoms with Crippen LogP contribution in [0.15, 0.2) is 30.3 Å². The normalized spacial score (nSPS) is 10.6. The van der Waals surface area contributed by atoms with Gasteiger partial charge in [0, 0.05) is 5.56 Å². The maximum absolute atomic E-state index is 13.9. The summed E-state index contributed by atoms with van der Waals surface area (Å²) in [5.74, 6) is -0.142. The Labute approximate surface area is 102 Å². The molecular weight excluding hydrogens is 211 g/mol. The Kier molecular flexibility index (Phi) is 3.01. The van der Waals surface area contributed by atoms with Crippen LogP contribution in [0.5, 0.6) is 0 Å². The van der Waals surface area contributed by atoms with Gasteiger partial charge in [0.25, 0.3) is 0 Å². The quantitative estimate of drug-likeness (QED) is 0.662. The standard InChI is InChI=1S/C16H17F/c1-10-5-6-14(7-11(10)2)15-8-12(3)13(4)9-16(15)17/h5-9H,1-4H3. The van der Waals surface area contributed by atoms with Gasteiger partial charge in [-0.05, 0) is 67.6 Å². The summed E-state index contributed by atoms with van der Waals surface area (Å²) >= 11 is 0. The highest BCUT2D eigenvalue weighted by atomic mass is 19.1. The molecule has 0 spiro atoms. The second-order valence-electron chi connectivity index (χ2n) is 4.72. The van der Waals surface area contributed by atoms with Crippen LogP contribution in [0.1, 0.15) is 22.3 Å². The number of aryl methyl sites for hydroxylation is 4. The molecule has 1 heteroatoms. The smallest absolute Gasteiger partial charge is 0.131 e. The zero-order valence-electron chi connectivity index (χ0n) is 10.8. The predicted octanol–water partition coefficient (Wildman–Crippen LogP) is 4.73.